The second-order valence-electron chi connectivity index (χ2n) is 7.01. The van der Waals surface area contributed by atoms with Crippen LogP contribution in [0.3, 0.4) is 0 Å². The van der Waals surface area contributed by atoms with Gasteiger partial charge in [0.15, 0.2) is 0 Å². The maximum atomic E-state index is 12.1. The Labute approximate surface area is 169 Å². The SMILES string of the molecule is Cc1c[nH]c2nccc(Oc3ccc(CCC(=O)NCc4ccccc4)cc3)c12. The normalized spacial score (nSPS) is 10.8. The van der Waals surface area contributed by atoms with Crippen molar-refractivity contribution >= 4 is 16.9 Å². The lowest BCUT2D eigenvalue weighted by atomic mass is 10.1. The van der Waals surface area contributed by atoms with Crippen molar-refractivity contribution in [2.24, 2.45) is 0 Å². The summed E-state index contributed by atoms with van der Waals surface area (Å²) in [4.78, 5) is 19.5. The molecule has 146 valence electrons. The maximum Gasteiger partial charge on any atom is 0.220 e. The summed E-state index contributed by atoms with van der Waals surface area (Å²) in [7, 11) is 0. The van der Waals surface area contributed by atoms with Gasteiger partial charge in [0.05, 0.1) is 5.39 Å². The fourth-order valence-electron chi connectivity index (χ4n) is 3.26. The predicted octanol–water partition coefficient (Wildman–Crippen LogP) is 4.91. The second-order valence-corrected chi connectivity index (χ2v) is 7.01. The average Bonchev–Trinajstić information content (AvgIpc) is 3.14. The summed E-state index contributed by atoms with van der Waals surface area (Å²) in [5, 5.41) is 3.95. The molecule has 2 aromatic carbocycles. The van der Waals surface area contributed by atoms with Crippen LogP contribution in [-0.2, 0) is 17.8 Å². The first kappa shape index (κ1) is 18.7. The molecule has 4 rings (SSSR count). The number of aryl methyl sites for hydroxylation is 2. The van der Waals surface area contributed by atoms with Gasteiger partial charge >= 0.3 is 0 Å². The summed E-state index contributed by atoms with van der Waals surface area (Å²) in [6, 6.07) is 19.7. The fraction of sp³-hybridized carbons (Fsp3) is 0.167. The lowest BCUT2D eigenvalue weighted by molar-refractivity contribution is -0.121. The third kappa shape index (κ3) is 4.63. The first-order valence-electron chi connectivity index (χ1n) is 9.69. The topological polar surface area (TPSA) is 67.0 Å². The number of carbonyl (C=O) groups is 1. The van der Waals surface area contributed by atoms with Crippen molar-refractivity contribution < 1.29 is 9.53 Å². The molecule has 0 atom stereocenters. The third-order valence-corrected chi connectivity index (χ3v) is 4.86. The minimum atomic E-state index is 0.0521. The molecular formula is C24H23N3O2. The van der Waals surface area contributed by atoms with Crippen LogP contribution in [0.2, 0.25) is 0 Å². The molecule has 1 amide bonds. The van der Waals surface area contributed by atoms with Crippen LogP contribution in [0, 0.1) is 6.92 Å². The van der Waals surface area contributed by atoms with Crippen molar-refractivity contribution in [2.75, 3.05) is 0 Å². The smallest absolute Gasteiger partial charge is 0.220 e. The number of aromatic amines is 1. The van der Waals surface area contributed by atoms with Crippen molar-refractivity contribution in [3.05, 3.63) is 89.7 Å². The summed E-state index contributed by atoms with van der Waals surface area (Å²) in [5.41, 5.74) is 4.12. The molecule has 0 aliphatic carbocycles. The van der Waals surface area contributed by atoms with E-state index in [9.17, 15) is 4.79 Å². The Balaban J connectivity index is 1.32. The number of H-pyrrole nitrogens is 1. The van der Waals surface area contributed by atoms with Crippen LogP contribution < -0.4 is 10.1 Å². The van der Waals surface area contributed by atoms with Gasteiger partial charge < -0.3 is 15.0 Å². The number of carbonyl (C=O) groups excluding carboxylic acids is 1. The van der Waals surface area contributed by atoms with Crippen LogP contribution in [0.15, 0.2) is 73.1 Å². The number of aromatic nitrogens is 2. The number of amides is 1. The summed E-state index contributed by atoms with van der Waals surface area (Å²) >= 11 is 0. The number of benzene rings is 2. The summed E-state index contributed by atoms with van der Waals surface area (Å²) < 4.78 is 6.06. The highest BCUT2D eigenvalue weighted by atomic mass is 16.5. The van der Waals surface area contributed by atoms with Crippen molar-refractivity contribution in [1.82, 2.24) is 15.3 Å². The molecular weight excluding hydrogens is 362 g/mol. The Morgan fingerprint density at radius 1 is 1.03 bits per heavy atom. The van der Waals surface area contributed by atoms with E-state index in [1.807, 2.05) is 73.8 Å². The molecule has 0 fully saturated rings. The molecule has 0 radical (unpaired) electrons. The first-order chi connectivity index (χ1) is 14.2. The van der Waals surface area contributed by atoms with E-state index in [1.165, 1.54) is 0 Å². The molecule has 5 heteroatoms. The van der Waals surface area contributed by atoms with Gasteiger partial charge in [-0.25, -0.2) is 4.98 Å². The molecule has 2 aromatic heterocycles. The van der Waals surface area contributed by atoms with E-state index >= 15 is 0 Å². The van der Waals surface area contributed by atoms with E-state index in [4.69, 9.17) is 4.74 Å². The number of ether oxygens (including phenoxy) is 1. The molecule has 0 bridgehead atoms. The summed E-state index contributed by atoms with van der Waals surface area (Å²) in [6.07, 6.45) is 4.81. The predicted molar refractivity (Wildman–Crippen MR) is 114 cm³/mol. The lowest BCUT2D eigenvalue weighted by Crippen LogP contribution is -2.22. The quantitative estimate of drug-likeness (QED) is 0.475. The standard InChI is InChI=1S/C24H23N3O2/c1-17-15-27-24-23(17)21(13-14-25-24)29-20-10-7-18(8-11-20)9-12-22(28)26-16-19-5-3-2-4-6-19/h2-8,10-11,13-15H,9,12,16H2,1H3,(H,25,27)(H,26,28). The van der Waals surface area contributed by atoms with E-state index in [0.29, 0.717) is 19.4 Å². The second kappa shape index (κ2) is 8.61. The van der Waals surface area contributed by atoms with Gasteiger partial charge in [-0.1, -0.05) is 42.5 Å². The molecule has 0 aliphatic rings. The zero-order chi connectivity index (χ0) is 20.1. The Bertz CT molecular complexity index is 1100. The highest BCUT2D eigenvalue weighted by molar-refractivity contribution is 5.86. The molecule has 2 heterocycles. The number of hydrogen-bond donors (Lipinski definition) is 2. The lowest BCUT2D eigenvalue weighted by Gasteiger charge is -2.09. The molecule has 2 N–H and O–H groups in total. The maximum absolute atomic E-state index is 12.1. The van der Waals surface area contributed by atoms with Crippen LogP contribution in [0.5, 0.6) is 11.5 Å². The van der Waals surface area contributed by atoms with Crippen molar-refractivity contribution in [3.8, 4) is 11.5 Å². The largest absolute Gasteiger partial charge is 0.457 e. The molecule has 0 spiro atoms. The Hall–Kier alpha value is -3.60. The van der Waals surface area contributed by atoms with Gasteiger partial charge in [-0.15, -0.1) is 0 Å². The highest BCUT2D eigenvalue weighted by Gasteiger charge is 2.09. The minimum Gasteiger partial charge on any atom is -0.457 e. The zero-order valence-electron chi connectivity index (χ0n) is 16.3. The number of pyridine rings is 1. The fourth-order valence-corrected chi connectivity index (χ4v) is 3.26. The zero-order valence-corrected chi connectivity index (χ0v) is 16.3. The van der Waals surface area contributed by atoms with E-state index in [0.717, 1.165) is 39.2 Å². The number of fused-ring (bicyclic) bond motifs is 1. The van der Waals surface area contributed by atoms with Gasteiger partial charge in [-0.2, -0.15) is 0 Å². The van der Waals surface area contributed by atoms with Crippen LogP contribution in [0.1, 0.15) is 23.1 Å². The molecule has 5 nitrogen and oxygen atoms in total. The Morgan fingerprint density at radius 2 is 1.83 bits per heavy atom. The summed E-state index contributed by atoms with van der Waals surface area (Å²) in [5.74, 6) is 1.59. The van der Waals surface area contributed by atoms with Gasteiger partial charge in [0.1, 0.15) is 17.1 Å². The van der Waals surface area contributed by atoms with Gasteiger partial charge in [-0.3, -0.25) is 4.79 Å². The van der Waals surface area contributed by atoms with E-state index in [-0.39, 0.29) is 5.91 Å². The number of nitrogens with zero attached hydrogens (tertiary/aromatic N) is 1. The molecule has 29 heavy (non-hydrogen) atoms. The Kier molecular flexibility index (Phi) is 5.56. The van der Waals surface area contributed by atoms with Gasteiger partial charge in [0.25, 0.3) is 0 Å². The number of nitrogens with one attached hydrogen (secondary N) is 2. The minimum absolute atomic E-state index is 0.0521. The van der Waals surface area contributed by atoms with Crippen LogP contribution in [0.25, 0.3) is 11.0 Å². The third-order valence-electron chi connectivity index (χ3n) is 4.86. The summed E-state index contributed by atoms with van der Waals surface area (Å²) in [6.45, 7) is 2.59. The number of rotatable bonds is 7. The average molecular weight is 385 g/mol. The van der Waals surface area contributed by atoms with E-state index < -0.39 is 0 Å². The van der Waals surface area contributed by atoms with Gasteiger partial charge in [-0.05, 0) is 48.2 Å². The molecule has 0 saturated carbocycles. The van der Waals surface area contributed by atoms with Gasteiger partial charge in [0.2, 0.25) is 5.91 Å². The van der Waals surface area contributed by atoms with Crippen LogP contribution >= 0.6 is 0 Å². The molecule has 0 saturated heterocycles. The van der Waals surface area contributed by atoms with Crippen molar-refractivity contribution in [2.45, 2.75) is 26.3 Å². The monoisotopic (exact) mass is 385 g/mol. The highest BCUT2D eigenvalue weighted by Crippen LogP contribution is 2.30. The van der Waals surface area contributed by atoms with Crippen molar-refractivity contribution in [1.29, 1.82) is 0 Å². The number of hydrogen-bond acceptors (Lipinski definition) is 3. The van der Waals surface area contributed by atoms with E-state index in [2.05, 4.69) is 15.3 Å². The van der Waals surface area contributed by atoms with Gasteiger partial charge in [0, 0.05) is 25.4 Å². The van der Waals surface area contributed by atoms with E-state index in [1.54, 1.807) is 6.20 Å². The Morgan fingerprint density at radius 3 is 2.62 bits per heavy atom. The molecule has 0 unspecified atom stereocenters. The molecule has 4 aromatic rings. The molecule has 0 aliphatic heterocycles. The van der Waals surface area contributed by atoms with Crippen molar-refractivity contribution in [3.63, 3.8) is 0 Å². The first-order valence-corrected chi connectivity index (χ1v) is 9.69. The van der Waals surface area contributed by atoms with Crippen LogP contribution in [-0.4, -0.2) is 15.9 Å². The van der Waals surface area contributed by atoms with Crippen LogP contribution in [0.4, 0.5) is 0 Å².